The maximum absolute atomic E-state index is 14.0. The van der Waals surface area contributed by atoms with Crippen LogP contribution in [0.4, 0.5) is 8.78 Å². The van der Waals surface area contributed by atoms with Crippen molar-refractivity contribution < 1.29 is 13.5 Å². The Kier molecular flexibility index (Phi) is 4.04. The maximum atomic E-state index is 14.0. The van der Waals surface area contributed by atoms with E-state index in [9.17, 15) is 8.78 Å². The van der Waals surface area contributed by atoms with E-state index in [2.05, 4.69) is 15.9 Å². The summed E-state index contributed by atoms with van der Waals surface area (Å²) in [7, 11) is 0. The highest BCUT2D eigenvalue weighted by atomic mass is 79.9. The molecular formula is C13H16BrF2NO. The molecule has 0 bridgehead atoms. The summed E-state index contributed by atoms with van der Waals surface area (Å²) in [5.41, 5.74) is 5.24. The maximum Gasteiger partial charge on any atom is 0.145 e. The first-order valence-corrected chi connectivity index (χ1v) is 6.78. The van der Waals surface area contributed by atoms with Gasteiger partial charge in [0.1, 0.15) is 11.6 Å². The van der Waals surface area contributed by atoms with Crippen LogP contribution in [0.15, 0.2) is 16.6 Å². The highest BCUT2D eigenvalue weighted by Crippen LogP contribution is 2.38. The van der Waals surface area contributed by atoms with E-state index in [4.69, 9.17) is 10.5 Å². The highest BCUT2D eigenvalue weighted by Gasteiger charge is 2.38. The molecule has 1 fully saturated rings. The third-order valence-corrected chi connectivity index (χ3v) is 4.16. The summed E-state index contributed by atoms with van der Waals surface area (Å²) in [6.07, 6.45) is 2.63. The van der Waals surface area contributed by atoms with Gasteiger partial charge in [0.2, 0.25) is 0 Å². The Bertz CT molecular complexity index is 447. The average Bonchev–Trinajstić information content (AvgIpc) is 2.35. The van der Waals surface area contributed by atoms with E-state index in [1.165, 1.54) is 12.1 Å². The van der Waals surface area contributed by atoms with Crippen LogP contribution in [0.5, 0.6) is 0 Å². The predicted octanol–water partition coefficient (Wildman–Crippen LogP) is 3.69. The number of rotatable bonds is 2. The smallest absolute Gasteiger partial charge is 0.145 e. The minimum absolute atomic E-state index is 0.103. The fourth-order valence-corrected chi connectivity index (χ4v) is 2.68. The van der Waals surface area contributed by atoms with E-state index in [1.807, 2.05) is 6.92 Å². The van der Waals surface area contributed by atoms with Crippen molar-refractivity contribution in [2.45, 2.75) is 37.8 Å². The third-order valence-electron chi connectivity index (χ3n) is 3.55. The molecule has 18 heavy (non-hydrogen) atoms. The van der Waals surface area contributed by atoms with Crippen LogP contribution in [0.25, 0.3) is 0 Å². The third kappa shape index (κ3) is 2.44. The Morgan fingerprint density at radius 1 is 1.39 bits per heavy atom. The van der Waals surface area contributed by atoms with E-state index < -0.39 is 23.3 Å². The van der Waals surface area contributed by atoms with Crippen LogP contribution >= 0.6 is 15.9 Å². The summed E-state index contributed by atoms with van der Waals surface area (Å²) >= 11 is 3.05. The van der Waals surface area contributed by atoms with Gasteiger partial charge in [0.05, 0.1) is 16.1 Å². The van der Waals surface area contributed by atoms with Gasteiger partial charge in [-0.15, -0.1) is 0 Å². The fraction of sp³-hybridized carbons (Fsp3) is 0.538. The molecule has 2 rings (SSSR count). The molecule has 0 saturated carbocycles. The van der Waals surface area contributed by atoms with Crippen LogP contribution in [0.2, 0.25) is 0 Å². The van der Waals surface area contributed by atoms with Crippen molar-refractivity contribution in [2.75, 3.05) is 6.61 Å². The quantitative estimate of drug-likeness (QED) is 0.844. The molecule has 5 heteroatoms. The lowest BCUT2D eigenvalue weighted by molar-refractivity contribution is -0.0832. The van der Waals surface area contributed by atoms with Gasteiger partial charge in [0.25, 0.3) is 0 Å². The second-order valence-electron chi connectivity index (χ2n) is 4.85. The number of benzene rings is 1. The van der Waals surface area contributed by atoms with E-state index in [0.717, 1.165) is 12.8 Å². The summed E-state index contributed by atoms with van der Waals surface area (Å²) in [6.45, 7) is 2.40. The number of hydrogen-bond donors (Lipinski definition) is 1. The van der Waals surface area contributed by atoms with Crippen molar-refractivity contribution in [3.05, 3.63) is 33.8 Å². The van der Waals surface area contributed by atoms with E-state index in [-0.39, 0.29) is 10.0 Å². The summed E-state index contributed by atoms with van der Waals surface area (Å²) in [5, 5.41) is 0. The molecule has 2 nitrogen and oxygen atoms in total. The van der Waals surface area contributed by atoms with Crippen LogP contribution in [0, 0.1) is 11.6 Å². The second kappa shape index (κ2) is 5.23. The van der Waals surface area contributed by atoms with Crippen molar-refractivity contribution in [3.63, 3.8) is 0 Å². The Morgan fingerprint density at radius 3 is 2.72 bits per heavy atom. The summed E-state index contributed by atoms with van der Waals surface area (Å²) in [4.78, 5) is 0. The highest BCUT2D eigenvalue weighted by molar-refractivity contribution is 9.10. The fourth-order valence-electron chi connectivity index (χ4n) is 2.33. The minimum atomic E-state index is -0.810. The molecule has 1 aliphatic heterocycles. The average molecular weight is 320 g/mol. The van der Waals surface area contributed by atoms with Gasteiger partial charge in [0.15, 0.2) is 0 Å². The molecule has 0 amide bonds. The standard InChI is InChI=1S/C13H16BrF2NO/c1-13(6-2-3-7-18-13)12(17)10-9(15)5-4-8(14)11(10)16/h4-5,12H,2-3,6-7,17H2,1H3. The zero-order valence-corrected chi connectivity index (χ0v) is 11.8. The van der Waals surface area contributed by atoms with Crippen molar-refractivity contribution in [3.8, 4) is 0 Å². The summed E-state index contributed by atoms with van der Waals surface area (Å²) < 4.78 is 33.7. The lowest BCUT2D eigenvalue weighted by Crippen LogP contribution is -2.44. The molecule has 0 radical (unpaired) electrons. The van der Waals surface area contributed by atoms with Gasteiger partial charge in [-0.2, -0.15) is 0 Å². The molecule has 2 atom stereocenters. The molecule has 1 saturated heterocycles. The van der Waals surface area contributed by atoms with Crippen molar-refractivity contribution in [1.82, 2.24) is 0 Å². The van der Waals surface area contributed by atoms with Crippen LogP contribution in [0.3, 0.4) is 0 Å². The zero-order chi connectivity index (χ0) is 13.3. The lowest BCUT2D eigenvalue weighted by atomic mass is 9.84. The number of halogens is 3. The monoisotopic (exact) mass is 319 g/mol. The molecule has 1 aromatic carbocycles. The number of ether oxygens (including phenoxy) is 1. The molecule has 0 aliphatic carbocycles. The van der Waals surface area contributed by atoms with Gasteiger partial charge in [0, 0.05) is 12.2 Å². The Labute approximate surface area is 114 Å². The summed E-state index contributed by atoms with van der Waals surface area (Å²) in [5.74, 6) is -1.27. The van der Waals surface area contributed by atoms with Gasteiger partial charge in [-0.3, -0.25) is 0 Å². The molecule has 1 aliphatic rings. The first-order valence-electron chi connectivity index (χ1n) is 5.98. The van der Waals surface area contributed by atoms with E-state index in [0.29, 0.717) is 13.0 Å². The second-order valence-corrected chi connectivity index (χ2v) is 5.71. The van der Waals surface area contributed by atoms with Crippen molar-refractivity contribution >= 4 is 15.9 Å². The van der Waals surface area contributed by atoms with Gasteiger partial charge in [-0.25, -0.2) is 8.78 Å². The van der Waals surface area contributed by atoms with E-state index in [1.54, 1.807) is 0 Å². The lowest BCUT2D eigenvalue weighted by Gasteiger charge is -2.39. The zero-order valence-electron chi connectivity index (χ0n) is 10.2. The van der Waals surface area contributed by atoms with E-state index >= 15 is 0 Å². The Balaban J connectivity index is 2.39. The summed E-state index contributed by atoms with van der Waals surface area (Å²) in [6, 6.07) is 1.75. The number of nitrogens with two attached hydrogens (primary N) is 1. The molecule has 0 spiro atoms. The van der Waals surface area contributed by atoms with Gasteiger partial charge < -0.3 is 10.5 Å². The number of hydrogen-bond acceptors (Lipinski definition) is 2. The van der Waals surface area contributed by atoms with Crippen molar-refractivity contribution in [1.29, 1.82) is 0 Å². The van der Waals surface area contributed by atoms with Crippen LogP contribution < -0.4 is 5.73 Å². The Morgan fingerprint density at radius 2 is 2.11 bits per heavy atom. The normalized spacial score (nSPS) is 26.1. The molecule has 2 unspecified atom stereocenters. The van der Waals surface area contributed by atoms with Crippen LogP contribution in [-0.4, -0.2) is 12.2 Å². The predicted molar refractivity (Wildman–Crippen MR) is 69.2 cm³/mol. The van der Waals surface area contributed by atoms with Crippen molar-refractivity contribution in [2.24, 2.45) is 5.73 Å². The van der Waals surface area contributed by atoms with Gasteiger partial charge in [-0.05, 0) is 54.2 Å². The van der Waals surface area contributed by atoms with Gasteiger partial charge >= 0.3 is 0 Å². The van der Waals surface area contributed by atoms with Crippen LogP contribution in [0.1, 0.15) is 37.8 Å². The molecule has 1 aromatic rings. The SMILES string of the molecule is CC1(C(N)c2c(F)ccc(Br)c2F)CCCCO1. The topological polar surface area (TPSA) is 35.2 Å². The minimum Gasteiger partial charge on any atom is -0.373 e. The molecule has 2 N–H and O–H groups in total. The largest absolute Gasteiger partial charge is 0.373 e. The van der Waals surface area contributed by atoms with Crippen LogP contribution in [-0.2, 0) is 4.74 Å². The van der Waals surface area contributed by atoms with Gasteiger partial charge in [-0.1, -0.05) is 0 Å². The molecule has 100 valence electrons. The molecule has 1 heterocycles. The molecule has 0 aromatic heterocycles. The molecular weight excluding hydrogens is 304 g/mol. The first-order chi connectivity index (χ1) is 8.46. The Hall–Kier alpha value is -0.520. The first kappa shape index (κ1) is 13.9.